The van der Waals surface area contributed by atoms with Crippen molar-refractivity contribution in [1.82, 2.24) is 0 Å². The number of halogens is 2. The molecule has 0 amide bonds. The smallest absolute Gasteiger partial charge is 0.0927 e. The van der Waals surface area contributed by atoms with Gasteiger partial charge >= 0.3 is 0 Å². The molecule has 1 aromatic carbocycles. The molecule has 0 radical (unpaired) electrons. The average molecular weight is 232 g/mol. The Hall–Kier alpha value is -0.570. The fourth-order valence-corrected chi connectivity index (χ4v) is 1.36. The molecule has 4 heteroatoms. The summed E-state index contributed by atoms with van der Waals surface area (Å²) in [6.07, 6.45) is 1.70. The van der Waals surface area contributed by atoms with Gasteiger partial charge in [-0.1, -0.05) is 34.4 Å². The molecule has 0 bridgehead atoms. The lowest BCUT2D eigenvalue weighted by atomic mass is 10.2. The van der Waals surface area contributed by atoms with Crippen LogP contribution in [0.3, 0.4) is 0 Å². The topological polar surface area (TPSA) is 12.4 Å². The Morgan fingerprint density at radius 2 is 1.64 bits per heavy atom. The van der Waals surface area contributed by atoms with Crippen LogP contribution in [0.2, 0.25) is 10.0 Å². The summed E-state index contributed by atoms with van der Waals surface area (Å²) in [5.41, 5.74) is 0.767. The normalized spacial score (nSPS) is 12.4. The van der Waals surface area contributed by atoms with Crippen LogP contribution < -0.4 is 0 Å². The van der Waals surface area contributed by atoms with Gasteiger partial charge in [0.1, 0.15) is 0 Å². The molecule has 0 aliphatic carbocycles. The molecule has 0 saturated heterocycles. The van der Waals surface area contributed by atoms with Crippen LogP contribution in [0, 0.1) is 0 Å². The van der Waals surface area contributed by atoms with E-state index in [0.717, 1.165) is 5.56 Å². The Morgan fingerprint density at radius 3 is 2.07 bits per heavy atom. The van der Waals surface area contributed by atoms with Crippen molar-refractivity contribution >= 4 is 29.4 Å². The van der Waals surface area contributed by atoms with Gasteiger partial charge in [0.25, 0.3) is 0 Å². The maximum Gasteiger partial charge on any atom is 0.0927 e. The van der Waals surface area contributed by atoms with Gasteiger partial charge in [-0.3, -0.25) is 0 Å². The molecule has 0 N–H and O–H groups in total. The van der Waals surface area contributed by atoms with Crippen molar-refractivity contribution in [2.75, 3.05) is 21.1 Å². The van der Waals surface area contributed by atoms with Crippen LogP contribution in [0.15, 0.2) is 23.3 Å². The first-order valence-electron chi connectivity index (χ1n) is 4.21. The van der Waals surface area contributed by atoms with Crippen LogP contribution in [0.5, 0.6) is 0 Å². The highest BCUT2D eigenvalue weighted by Crippen LogP contribution is 2.22. The van der Waals surface area contributed by atoms with Crippen LogP contribution in [-0.4, -0.2) is 31.9 Å². The quantitative estimate of drug-likeness (QED) is 0.422. The lowest BCUT2D eigenvalue weighted by molar-refractivity contribution is -0.876. The summed E-state index contributed by atoms with van der Waals surface area (Å²) >= 11 is 12.0. The van der Waals surface area contributed by atoms with E-state index in [-0.39, 0.29) is 0 Å². The molecule has 0 heterocycles. The fraction of sp³-hybridized carbons (Fsp3) is 0.300. The van der Waals surface area contributed by atoms with E-state index in [1.165, 1.54) is 0 Å². The third kappa shape index (κ3) is 3.29. The lowest BCUT2D eigenvalue weighted by Crippen LogP contribution is -2.27. The minimum Gasteiger partial charge on any atom is -0.205 e. The largest absolute Gasteiger partial charge is 0.205 e. The predicted molar refractivity (Wildman–Crippen MR) is 62.1 cm³/mol. The standard InChI is InChI=1S/C10H13Cl2N2/c1-14(2,3)13-7-8-9(11)5-4-6-10(8)12/h4-7H,1-3H3/q+1/b13-7-. The van der Waals surface area contributed by atoms with E-state index < -0.39 is 0 Å². The molecule has 1 rings (SSSR count). The molecule has 76 valence electrons. The minimum absolute atomic E-state index is 0.488. The molecule has 2 nitrogen and oxygen atoms in total. The Bertz CT molecular complexity index is 333. The van der Waals surface area contributed by atoms with Gasteiger partial charge in [0.2, 0.25) is 0 Å². The monoisotopic (exact) mass is 231 g/mol. The van der Waals surface area contributed by atoms with Crippen LogP contribution in [0.1, 0.15) is 5.56 Å². The molecular formula is C10H13Cl2N2+. The van der Waals surface area contributed by atoms with Crippen molar-refractivity contribution in [3.8, 4) is 0 Å². The first kappa shape index (κ1) is 11.5. The van der Waals surface area contributed by atoms with E-state index in [9.17, 15) is 0 Å². The third-order valence-electron chi connectivity index (χ3n) is 1.53. The van der Waals surface area contributed by atoms with Gasteiger partial charge in [-0.25, -0.2) is 4.59 Å². The van der Waals surface area contributed by atoms with Gasteiger partial charge in [-0.05, 0) is 12.1 Å². The molecule has 14 heavy (non-hydrogen) atoms. The SMILES string of the molecule is C[N+](C)(C)/N=C\c1c(Cl)cccc1Cl. The summed E-state index contributed by atoms with van der Waals surface area (Å²) in [4.78, 5) is 0. The van der Waals surface area contributed by atoms with E-state index in [2.05, 4.69) is 5.10 Å². The Kier molecular flexibility index (Phi) is 3.53. The van der Waals surface area contributed by atoms with Gasteiger partial charge in [-0.2, -0.15) is 0 Å². The van der Waals surface area contributed by atoms with Gasteiger partial charge < -0.3 is 0 Å². The Morgan fingerprint density at radius 1 is 1.14 bits per heavy atom. The summed E-state index contributed by atoms with van der Waals surface area (Å²) in [7, 11) is 5.88. The predicted octanol–water partition coefficient (Wildman–Crippen LogP) is 3.03. The van der Waals surface area contributed by atoms with E-state index in [4.69, 9.17) is 23.2 Å². The van der Waals surface area contributed by atoms with Crippen LogP contribution in [-0.2, 0) is 0 Å². The molecule has 0 aliphatic heterocycles. The van der Waals surface area contributed by atoms with Crippen LogP contribution in [0.4, 0.5) is 0 Å². The molecule has 0 spiro atoms. The first-order chi connectivity index (χ1) is 6.40. The van der Waals surface area contributed by atoms with E-state index in [0.29, 0.717) is 14.6 Å². The third-order valence-corrected chi connectivity index (χ3v) is 2.19. The second kappa shape index (κ2) is 4.30. The van der Waals surface area contributed by atoms with Crippen molar-refractivity contribution in [3.05, 3.63) is 33.8 Å². The second-order valence-corrected chi connectivity index (χ2v) is 4.64. The lowest BCUT2D eigenvalue weighted by Gasteiger charge is -2.14. The number of benzene rings is 1. The summed E-state index contributed by atoms with van der Waals surface area (Å²) in [6.45, 7) is 0. The highest BCUT2D eigenvalue weighted by Gasteiger charge is 2.06. The molecule has 0 saturated carbocycles. The molecule has 1 aromatic rings. The fourth-order valence-electron chi connectivity index (χ4n) is 0.865. The zero-order valence-corrected chi connectivity index (χ0v) is 9.97. The maximum atomic E-state index is 5.98. The Balaban J connectivity index is 3.03. The number of hydrogen-bond donors (Lipinski definition) is 0. The molecule has 0 fully saturated rings. The summed E-state index contributed by atoms with van der Waals surface area (Å²) in [5.74, 6) is 0. The second-order valence-electron chi connectivity index (χ2n) is 3.82. The summed E-state index contributed by atoms with van der Waals surface area (Å²) in [6, 6.07) is 5.41. The number of hydrogen-bond acceptors (Lipinski definition) is 1. The average Bonchev–Trinajstić information content (AvgIpc) is 2.01. The van der Waals surface area contributed by atoms with Crippen molar-refractivity contribution in [3.63, 3.8) is 0 Å². The van der Waals surface area contributed by atoms with Gasteiger partial charge in [0, 0.05) is 5.56 Å². The van der Waals surface area contributed by atoms with Crippen molar-refractivity contribution in [2.24, 2.45) is 5.10 Å². The van der Waals surface area contributed by atoms with Gasteiger partial charge in [-0.15, -0.1) is 0 Å². The summed E-state index contributed by atoms with van der Waals surface area (Å²) in [5, 5.41) is 5.53. The molecular weight excluding hydrogens is 219 g/mol. The van der Waals surface area contributed by atoms with Crippen LogP contribution in [0.25, 0.3) is 0 Å². The van der Waals surface area contributed by atoms with Crippen molar-refractivity contribution in [2.45, 2.75) is 0 Å². The highest BCUT2D eigenvalue weighted by atomic mass is 35.5. The van der Waals surface area contributed by atoms with E-state index >= 15 is 0 Å². The summed E-state index contributed by atoms with van der Waals surface area (Å²) < 4.78 is 0.488. The minimum atomic E-state index is 0.488. The van der Waals surface area contributed by atoms with Gasteiger partial charge in [0.05, 0.1) is 37.4 Å². The Labute approximate surface area is 94.3 Å². The molecule has 0 unspecified atom stereocenters. The number of nitrogens with zero attached hydrogens (tertiary/aromatic N) is 2. The number of rotatable bonds is 2. The zero-order valence-electron chi connectivity index (χ0n) is 8.46. The van der Waals surface area contributed by atoms with E-state index in [1.807, 2.05) is 27.2 Å². The van der Waals surface area contributed by atoms with Crippen molar-refractivity contribution in [1.29, 1.82) is 0 Å². The van der Waals surface area contributed by atoms with Gasteiger partial charge in [0.15, 0.2) is 0 Å². The molecule has 0 atom stereocenters. The number of quaternary nitrogens is 1. The van der Waals surface area contributed by atoms with Crippen LogP contribution >= 0.6 is 23.2 Å². The molecule has 0 aliphatic rings. The van der Waals surface area contributed by atoms with E-state index in [1.54, 1.807) is 18.3 Å². The van der Waals surface area contributed by atoms with Crippen molar-refractivity contribution < 1.29 is 4.59 Å². The molecule has 0 aromatic heterocycles. The first-order valence-corrected chi connectivity index (χ1v) is 4.97. The highest BCUT2D eigenvalue weighted by molar-refractivity contribution is 6.38. The zero-order chi connectivity index (χ0) is 10.8. The maximum absolute atomic E-state index is 5.98.